The minimum atomic E-state index is -0.0163. The van der Waals surface area contributed by atoms with Gasteiger partial charge in [0, 0.05) is 17.9 Å². The van der Waals surface area contributed by atoms with Gasteiger partial charge in [-0.15, -0.1) is 0 Å². The fourth-order valence-electron chi connectivity index (χ4n) is 2.17. The van der Waals surface area contributed by atoms with E-state index >= 15 is 0 Å². The molecule has 0 spiro atoms. The van der Waals surface area contributed by atoms with Crippen LogP contribution in [0.3, 0.4) is 0 Å². The molecule has 1 heterocycles. The van der Waals surface area contributed by atoms with E-state index in [0.717, 1.165) is 11.1 Å². The van der Waals surface area contributed by atoms with Crippen LogP contribution >= 0.6 is 0 Å². The van der Waals surface area contributed by atoms with E-state index in [1.165, 1.54) is 0 Å². The third kappa shape index (κ3) is 5.13. The molecule has 0 aliphatic carbocycles. The van der Waals surface area contributed by atoms with Crippen LogP contribution in [-0.2, 0) is 5.54 Å². The van der Waals surface area contributed by atoms with Crippen LogP contribution in [0.5, 0.6) is 0 Å². The number of hydrogen-bond acceptors (Lipinski definition) is 1. The van der Waals surface area contributed by atoms with Crippen LogP contribution in [0.15, 0.2) is 79.4 Å². The Balaban J connectivity index is 0.000000185. The Hall–Kier alpha value is -2.29. The highest BCUT2D eigenvalue weighted by atomic mass is 15.1. The molecule has 3 aromatic rings. The minimum Gasteiger partial charge on any atom is -0.332 e. The fraction of sp³-hybridized carbons (Fsp3) is 0.250. The molecule has 0 aliphatic heterocycles. The second-order valence-electron chi connectivity index (χ2n) is 6.44. The summed E-state index contributed by atoms with van der Waals surface area (Å²) in [6.07, 6.45) is 5.60. The average Bonchev–Trinajstić information content (AvgIpc) is 3.11. The van der Waals surface area contributed by atoms with Crippen LogP contribution in [0.4, 0.5) is 0 Å². The summed E-state index contributed by atoms with van der Waals surface area (Å²) in [5.74, 6) is -0.0163. The van der Waals surface area contributed by atoms with Gasteiger partial charge in [-0.3, -0.25) is 0 Å². The summed E-state index contributed by atoms with van der Waals surface area (Å²) in [4.78, 5) is 3.95. The molecular formula is C20H23BN2. The molecule has 3 rings (SSSR count). The van der Waals surface area contributed by atoms with E-state index in [1.54, 1.807) is 6.20 Å². The summed E-state index contributed by atoms with van der Waals surface area (Å²) < 4.78 is 2.08. The molecule has 0 amide bonds. The van der Waals surface area contributed by atoms with Crippen molar-refractivity contribution in [3.63, 3.8) is 0 Å². The molecule has 116 valence electrons. The third-order valence-electron chi connectivity index (χ3n) is 3.60. The van der Waals surface area contributed by atoms with Crippen molar-refractivity contribution in [3.05, 3.63) is 90.5 Å². The summed E-state index contributed by atoms with van der Waals surface area (Å²) in [6.45, 7) is 6.44. The number of rotatable bonds is 2. The molecule has 0 unspecified atom stereocenters. The molecule has 0 fully saturated rings. The highest BCUT2D eigenvalue weighted by Crippen LogP contribution is 2.20. The summed E-state index contributed by atoms with van der Waals surface area (Å²) in [7, 11) is 6.12. The van der Waals surface area contributed by atoms with Crippen LogP contribution in [0, 0.1) is 0 Å². The van der Waals surface area contributed by atoms with Crippen LogP contribution in [-0.4, -0.2) is 17.4 Å². The normalized spacial score (nSPS) is 11.0. The molecule has 0 saturated carbocycles. The zero-order chi connectivity index (χ0) is 16.7. The smallest absolute Gasteiger partial charge is 0.0950 e. The van der Waals surface area contributed by atoms with Gasteiger partial charge in [0.25, 0.3) is 0 Å². The predicted molar refractivity (Wildman–Crippen MR) is 97.7 cm³/mol. The van der Waals surface area contributed by atoms with Gasteiger partial charge in [0.1, 0.15) is 0 Å². The number of nitrogens with zero attached hydrogens (tertiary/aromatic N) is 2. The van der Waals surface area contributed by atoms with Crippen molar-refractivity contribution in [2.75, 3.05) is 0 Å². The number of benzene rings is 2. The number of hydrogen-bond donors (Lipinski definition) is 0. The first-order valence-corrected chi connectivity index (χ1v) is 7.82. The lowest BCUT2D eigenvalue weighted by molar-refractivity contribution is 0.396. The number of aromatic nitrogens is 2. The fourth-order valence-corrected chi connectivity index (χ4v) is 2.17. The van der Waals surface area contributed by atoms with Crippen molar-refractivity contribution in [1.82, 2.24) is 9.55 Å². The quantitative estimate of drug-likeness (QED) is 0.633. The zero-order valence-corrected chi connectivity index (χ0v) is 14.1. The van der Waals surface area contributed by atoms with Gasteiger partial charge in [-0.2, -0.15) is 0 Å². The van der Waals surface area contributed by atoms with E-state index in [4.69, 9.17) is 7.85 Å². The Bertz CT molecular complexity index is 631. The molecule has 0 saturated heterocycles. The Kier molecular flexibility index (Phi) is 5.81. The standard InChI is InChI=1S/C13H11B.C7H12N2/c14-13(11-7-3-1-4-8-11)12-9-5-2-6-10-12;1-7(2,3)9-5-4-8-6-9/h1-10,13H;4-6H,1-3H3. The van der Waals surface area contributed by atoms with E-state index in [2.05, 4.69) is 54.6 Å². The first-order valence-electron chi connectivity index (χ1n) is 7.82. The van der Waals surface area contributed by atoms with Gasteiger partial charge in [0.05, 0.1) is 14.2 Å². The van der Waals surface area contributed by atoms with Gasteiger partial charge >= 0.3 is 0 Å². The first kappa shape index (κ1) is 17.1. The highest BCUT2D eigenvalue weighted by Gasteiger charge is 2.09. The summed E-state index contributed by atoms with van der Waals surface area (Å²) >= 11 is 0. The maximum Gasteiger partial charge on any atom is 0.0950 e. The topological polar surface area (TPSA) is 17.8 Å². The van der Waals surface area contributed by atoms with Crippen LogP contribution in [0.1, 0.15) is 37.7 Å². The zero-order valence-electron chi connectivity index (χ0n) is 14.1. The van der Waals surface area contributed by atoms with E-state index in [9.17, 15) is 0 Å². The molecule has 2 nitrogen and oxygen atoms in total. The van der Waals surface area contributed by atoms with Gasteiger partial charge in [-0.25, -0.2) is 4.98 Å². The Morgan fingerprint density at radius 3 is 1.65 bits per heavy atom. The van der Waals surface area contributed by atoms with Crippen LogP contribution in [0.2, 0.25) is 0 Å². The third-order valence-corrected chi connectivity index (χ3v) is 3.60. The second kappa shape index (κ2) is 7.82. The Morgan fingerprint density at radius 1 is 0.870 bits per heavy atom. The van der Waals surface area contributed by atoms with Crippen molar-refractivity contribution in [2.45, 2.75) is 32.1 Å². The summed E-state index contributed by atoms with van der Waals surface area (Å²) in [6, 6.07) is 20.3. The van der Waals surface area contributed by atoms with E-state index in [0.29, 0.717) is 0 Å². The molecule has 0 atom stereocenters. The average molecular weight is 302 g/mol. The lowest BCUT2D eigenvalue weighted by Gasteiger charge is -2.19. The molecule has 1 aromatic heterocycles. The van der Waals surface area contributed by atoms with Crippen LogP contribution < -0.4 is 0 Å². The molecule has 3 heteroatoms. The SMILES string of the molecule is CC(C)(C)n1ccnc1.[B]C(c1ccccc1)c1ccccc1. The van der Waals surface area contributed by atoms with Crippen molar-refractivity contribution in [3.8, 4) is 0 Å². The lowest BCUT2D eigenvalue weighted by Crippen LogP contribution is -2.19. The molecule has 0 bridgehead atoms. The van der Waals surface area contributed by atoms with Crippen molar-refractivity contribution < 1.29 is 0 Å². The minimum absolute atomic E-state index is 0.0163. The van der Waals surface area contributed by atoms with E-state index < -0.39 is 0 Å². The molecular weight excluding hydrogens is 279 g/mol. The number of imidazole rings is 1. The van der Waals surface area contributed by atoms with Crippen molar-refractivity contribution in [1.29, 1.82) is 0 Å². The maximum absolute atomic E-state index is 6.12. The summed E-state index contributed by atoms with van der Waals surface area (Å²) in [5.41, 5.74) is 2.48. The molecule has 2 aromatic carbocycles. The highest BCUT2D eigenvalue weighted by molar-refractivity contribution is 6.14. The first-order chi connectivity index (χ1) is 11.0. The van der Waals surface area contributed by atoms with Gasteiger partial charge in [0.15, 0.2) is 0 Å². The van der Waals surface area contributed by atoms with Gasteiger partial charge in [-0.05, 0) is 37.7 Å². The lowest BCUT2D eigenvalue weighted by atomic mass is 9.76. The van der Waals surface area contributed by atoms with E-state index in [1.807, 2.05) is 48.9 Å². The molecule has 0 aliphatic rings. The molecule has 0 N–H and O–H groups in total. The van der Waals surface area contributed by atoms with Crippen LogP contribution in [0.25, 0.3) is 0 Å². The second-order valence-corrected chi connectivity index (χ2v) is 6.44. The van der Waals surface area contributed by atoms with Gasteiger partial charge in [0.2, 0.25) is 0 Å². The van der Waals surface area contributed by atoms with Crippen molar-refractivity contribution in [2.24, 2.45) is 0 Å². The Labute approximate surface area is 140 Å². The predicted octanol–water partition coefficient (Wildman–Crippen LogP) is 4.58. The maximum atomic E-state index is 6.12. The largest absolute Gasteiger partial charge is 0.332 e. The summed E-state index contributed by atoms with van der Waals surface area (Å²) in [5, 5.41) is 0. The van der Waals surface area contributed by atoms with E-state index in [-0.39, 0.29) is 11.4 Å². The van der Waals surface area contributed by atoms with Crippen molar-refractivity contribution >= 4 is 7.85 Å². The monoisotopic (exact) mass is 302 g/mol. The molecule has 23 heavy (non-hydrogen) atoms. The Morgan fingerprint density at radius 2 is 1.35 bits per heavy atom. The molecule has 2 radical (unpaired) electrons. The van der Waals surface area contributed by atoms with Gasteiger partial charge < -0.3 is 4.57 Å². The van der Waals surface area contributed by atoms with Gasteiger partial charge in [-0.1, -0.05) is 60.7 Å².